The number of pyridine rings is 1. The van der Waals surface area contributed by atoms with Crippen LogP contribution in [0.25, 0.3) is 0 Å². The Morgan fingerprint density at radius 3 is 3.00 bits per heavy atom. The van der Waals surface area contributed by atoms with Crippen LogP contribution in [0.15, 0.2) is 23.4 Å². The van der Waals surface area contributed by atoms with Crippen LogP contribution in [0.3, 0.4) is 0 Å². The lowest BCUT2D eigenvalue weighted by molar-refractivity contribution is -0.148. The summed E-state index contributed by atoms with van der Waals surface area (Å²) in [7, 11) is 0. The van der Waals surface area contributed by atoms with E-state index in [1.807, 2.05) is 0 Å². The molecule has 19 heavy (non-hydrogen) atoms. The standard InChI is InChI=1S/C12H13BrClN3O2/c1-7(2)19-12(18)9-6-10(13)16-17(9)11-8(14)4-3-5-15-11/h3-5,7,9H,6H2,1-2H3. The second kappa shape index (κ2) is 5.88. The predicted octanol–water partition coefficient (Wildman–Crippen LogP) is 2.97. The van der Waals surface area contributed by atoms with E-state index >= 15 is 0 Å². The molecule has 1 aromatic heterocycles. The van der Waals surface area contributed by atoms with Crippen molar-refractivity contribution in [2.24, 2.45) is 5.10 Å². The highest BCUT2D eigenvalue weighted by Crippen LogP contribution is 2.30. The van der Waals surface area contributed by atoms with Crippen molar-refractivity contribution in [1.29, 1.82) is 0 Å². The van der Waals surface area contributed by atoms with E-state index in [0.717, 1.165) is 0 Å². The molecule has 0 aromatic carbocycles. The smallest absolute Gasteiger partial charge is 0.331 e. The largest absolute Gasteiger partial charge is 0.461 e. The molecule has 2 rings (SSSR count). The van der Waals surface area contributed by atoms with E-state index in [2.05, 4.69) is 26.0 Å². The van der Waals surface area contributed by atoms with Crippen LogP contribution >= 0.6 is 27.5 Å². The summed E-state index contributed by atoms with van der Waals surface area (Å²) in [6.45, 7) is 3.61. The Labute approximate surface area is 124 Å². The molecule has 1 atom stereocenters. The van der Waals surface area contributed by atoms with E-state index in [1.165, 1.54) is 5.01 Å². The van der Waals surface area contributed by atoms with E-state index in [9.17, 15) is 4.79 Å². The van der Waals surface area contributed by atoms with Crippen LogP contribution in [0.2, 0.25) is 5.02 Å². The van der Waals surface area contributed by atoms with Gasteiger partial charge in [-0.25, -0.2) is 14.8 Å². The molecule has 1 unspecified atom stereocenters. The molecule has 0 spiro atoms. The number of hydrazone groups is 1. The van der Waals surface area contributed by atoms with Crippen molar-refractivity contribution in [2.75, 3.05) is 5.01 Å². The summed E-state index contributed by atoms with van der Waals surface area (Å²) in [6.07, 6.45) is 1.87. The van der Waals surface area contributed by atoms with E-state index < -0.39 is 6.04 Å². The average Bonchev–Trinajstić information content (AvgIpc) is 2.71. The van der Waals surface area contributed by atoms with Gasteiger partial charge in [-0.1, -0.05) is 11.6 Å². The van der Waals surface area contributed by atoms with E-state index in [1.54, 1.807) is 32.2 Å². The molecule has 2 heterocycles. The van der Waals surface area contributed by atoms with Gasteiger partial charge in [0.1, 0.15) is 4.62 Å². The quantitative estimate of drug-likeness (QED) is 0.790. The van der Waals surface area contributed by atoms with Gasteiger partial charge in [0.2, 0.25) is 0 Å². The second-order valence-corrected chi connectivity index (χ2v) is 5.66. The van der Waals surface area contributed by atoms with Crippen LogP contribution in [0.1, 0.15) is 20.3 Å². The Bertz CT molecular complexity index is 521. The van der Waals surface area contributed by atoms with Gasteiger partial charge in [-0.2, -0.15) is 5.10 Å². The Kier molecular flexibility index (Phi) is 4.42. The van der Waals surface area contributed by atoms with Crippen molar-refractivity contribution < 1.29 is 9.53 Å². The Balaban J connectivity index is 2.27. The lowest BCUT2D eigenvalue weighted by atomic mass is 10.2. The highest BCUT2D eigenvalue weighted by Gasteiger charge is 2.36. The first-order chi connectivity index (χ1) is 8.99. The maximum absolute atomic E-state index is 12.1. The minimum absolute atomic E-state index is 0.173. The highest BCUT2D eigenvalue weighted by atomic mass is 79.9. The zero-order chi connectivity index (χ0) is 14.0. The van der Waals surface area contributed by atoms with Crippen LogP contribution in [0.4, 0.5) is 5.82 Å². The molecule has 1 aromatic rings. The van der Waals surface area contributed by atoms with Crippen molar-refractivity contribution >= 4 is 43.9 Å². The number of esters is 1. The van der Waals surface area contributed by atoms with Crippen LogP contribution in [0.5, 0.6) is 0 Å². The predicted molar refractivity (Wildman–Crippen MR) is 77.7 cm³/mol. The summed E-state index contributed by atoms with van der Waals surface area (Å²) < 4.78 is 5.90. The first kappa shape index (κ1) is 14.3. The summed E-state index contributed by atoms with van der Waals surface area (Å²) in [6, 6.07) is 2.89. The fraction of sp³-hybridized carbons (Fsp3) is 0.417. The number of carbonyl (C=O) groups excluding carboxylic acids is 1. The lowest BCUT2D eigenvalue weighted by Gasteiger charge is -2.22. The maximum Gasteiger partial charge on any atom is 0.331 e. The van der Waals surface area contributed by atoms with E-state index in [-0.39, 0.29) is 12.1 Å². The van der Waals surface area contributed by atoms with Gasteiger partial charge in [0.25, 0.3) is 0 Å². The number of halogens is 2. The number of hydrogen-bond donors (Lipinski definition) is 0. The fourth-order valence-corrected chi connectivity index (χ4v) is 2.39. The Hall–Kier alpha value is -1.14. The summed E-state index contributed by atoms with van der Waals surface area (Å²) in [5.74, 6) is 0.110. The van der Waals surface area contributed by atoms with Gasteiger partial charge in [-0.15, -0.1) is 0 Å². The van der Waals surface area contributed by atoms with Crippen molar-refractivity contribution in [1.82, 2.24) is 4.98 Å². The first-order valence-corrected chi connectivity index (χ1v) is 6.99. The topological polar surface area (TPSA) is 54.8 Å². The van der Waals surface area contributed by atoms with Gasteiger partial charge >= 0.3 is 5.97 Å². The number of carbonyl (C=O) groups is 1. The normalized spacial score (nSPS) is 18.7. The summed E-state index contributed by atoms with van der Waals surface area (Å²) in [5.41, 5.74) is 0. The maximum atomic E-state index is 12.1. The number of rotatable bonds is 3. The molecule has 0 amide bonds. The molecule has 0 N–H and O–H groups in total. The first-order valence-electron chi connectivity index (χ1n) is 5.82. The molecule has 0 aliphatic carbocycles. The molecular weight excluding hydrogens is 334 g/mol. The van der Waals surface area contributed by atoms with Crippen molar-refractivity contribution in [2.45, 2.75) is 32.4 Å². The van der Waals surface area contributed by atoms with Gasteiger partial charge in [0.05, 0.1) is 11.1 Å². The van der Waals surface area contributed by atoms with Crippen molar-refractivity contribution in [3.8, 4) is 0 Å². The van der Waals surface area contributed by atoms with Crippen LogP contribution in [-0.2, 0) is 9.53 Å². The SMILES string of the molecule is CC(C)OC(=O)C1CC(Br)=NN1c1ncccc1Cl. The van der Waals surface area contributed by atoms with Gasteiger partial charge in [0, 0.05) is 12.6 Å². The minimum atomic E-state index is -0.538. The number of aromatic nitrogens is 1. The van der Waals surface area contributed by atoms with E-state index in [4.69, 9.17) is 16.3 Å². The van der Waals surface area contributed by atoms with Crippen molar-refractivity contribution in [3.63, 3.8) is 0 Å². The molecule has 5 nitrogen and oxygen atoms in total. The molecule has 7 heteroatoms. The molecule has 1 aliphatic heterocycles. The third kappa shape index (κ3) is 3.25. The number of hydrogen-bond acceptors (Lipinski definition) is 5. The zero-order valence-corrected chi connectivity index (χ0v) is 12.8. The highest BCUT2D eigenvalue weighted by molar-refractivity contribution is 9.18. The van der Waals surface area contributed by atoms with Gasteiger partial charge in [-0.05, 0) is 41.9 Å². The zero-order valence-electron chi connectivity index (χ0n) is 10.5. The van der Waals surface area contributed by atoms with Crippen LogP contribution in [0, 0.1) is 0 Å². The third-order valence-corrected chi connectivity index (χ3v) is 3.23. The van der Waals surface area contributed by atoms with Crippen molar-refractivity contribution in [3.05, 3.63) is 23.4 Å². The number of ether oxygens (including phenoxy) is 1. The molecule has 102 valence electrons. The monoisotopic (exact) mass is 345 g/mol. The third-order valence-electron chi connectivity index (χ3n) is 2.45. The van der Waals surface area contributed by atoms with Gasteiger partial charge in [-0.3, -0.25) is 0 Å². The molecule has 1 aliphatic rings. The molecule has 0 bridgehead atoms. The molecule has 0 radical (unpaired) electrons. The second-order valence-electron chi connectivity index (χ2n) is 4.34. The molecule has 0 saturated carbocycles. The summed E-state index contributed by atoms with van der Waals surface area (Å²) >= 11 is 9.39. The molecule has 0 saturated heterocycles. The summed E-state index contributed by atoms with van der Waals surface area (Å²) in [4.78, 5) is 16.2. The number of nitrogens with zero attached hydrogens (tertiary/aromatic N) is 3. The minimum Gasteiger partial charge on any atom is -0.461 e. The Morgan fingerprint density at radius 1 is 1.63 bits per heavy atom. The molecular formula is C12H13BrClN3O2. The van der Waals surface area contributed by atoms with E-state index in [0.29, 0.717) is 21.9 Å². The van der Waals surface area contributed by atoms with Crippen LogP contribution < -0.4 is 5.01 Å². The molecule has 0 fully saturated rings. The fourth-order valence-electron chi connectivity index (χ4n) is 1.71. The number of anilines is 1. The van der Waals surface area contributed by atoms with Crippen LogP contribution in [-0.4, -0.2) is 27.7 Å². The Morgan fingerprint density at radius 2 is 2.37 bits per heavy atom. The van der Waals surface area contributed by atoms with Gasteiger partial charge in [0.15, 0.2) is 11.9 Å². The van der Waals surface area contributed by atoms with Gasteiger partial charge < -0.3 is 4.74 Å². The average molecular weight is 347 g/mol. The lowest BCUT2D eigenvalue weighted by Crippen LogP contribution is -2.37. The summed E-state index contributed by atoms with van der Waals surface area (Å²) in [5, 5.41) is 6.19.